The Labute approximate surface area is 113 Å². The molecule has 2 nitrogen and oxygen atoms in total. The molecule has 0 aromatic heterocycles. The van der Waals surface area contributed by atoms with Crippen molar-refractivity contribution in [2.75, 3.05) is 0 Å². The zero-order chi connectivity index (χ0) is 15.6. The van der Waals surface area contributed by atoms with E-state index in [4.69, 9.17) is 0 Å². The second-order valence-corrected chi connectivity index (χ2v) is 4.54. The Morgan fingerprint density at radius 3 is 1.95 bits per heavy atom. The smallest absolute Gasteiger partial charge is 0.423 e. The number of benzene rings is 1. The molecule has 0 fully saturated rings. The molecule has 0 unspecified atom stereocenters. The maximum Gasteiger partial charge on any atom is 0.446 e. The van der Waals surface area contributed by atoms with E-state index in [0.717, 1.165) is 12.1 Å². The van der Waals surface area contributed by atoms with Crippen molar-refractivity contribution >= 4 is 17.7 Å². The van der Waals surface area contributed by atoms with Crippen LogP contribution in [-0.2, 0) is 11.0 Å². The Balaban J connectivity index is 2.70. The number of ether oxygens (including phenoxy) is 1. The fraction of sp³-hybridized carbons (Fsp3) is 0.182. The lowest BCUT2D eigenvalue weighted by atomic mass is 10.2. The normalized spacial score (nSPS) is 12.1. The molecule has 0 atom stereocenters. The summed E-state index contributed by atoms with van der Waals surface area (Å²) >= 11 is -0.758. The van der Waals surface area contributed by atoms with Crippen LogP contribution in [0.2, 0.25) is 0 Å². The van der Waals surface area contributed by atoms with Crippen molar-refractivity contribution in [3.63, 3.8) is 0 Å². The van der Waals surface area contributed by atoms with Gasteiger partial charge in [-0.05, 0) is 36.0 Å². The Bertz CT molecular complexity index is 503. The van der Waals surface area contributed by atoms with Crippen LogP contribution in [0, 0.1) is 0 Å². The van der Waals surface area contributed by atoms with E-state index in [2.05, 4.69) is 11.3 Å². The van der Waals surface area contributed by atoms with Crippen LogP contribution in [0.1, 0.15) is 5.56 Å². The minimum Gasteiger partial charge on any atom is -0.423 e. The fourth-order valence-corrected chi connectivity index (χ4v) is 1.46. The van der Waals surface area contributed by atoms with E-state index in [1.54, 1.807) is 0 Å². The van der Waals surface area contributed by atoms with Gasteiger partial charge in [-0.1, -0.05) is 6.58 Å². The monoisotopic (exact) mass is 316 g/mol. The highest BCUT2D eigenvalue weighted by molar-refractivity contribution is 8.04. The van der Waals surface area contributed by atoms with Crippen LogP contribution in [0.5, 0.6) is 5.75 Å². The number of esters is 1. The van der Waals surface area contributed by atoms with Crippen molar-refractivity contribution in [3.05, 3.63) is 41.3 Å². The third-order valence-corrected chi connectivity index (χ3v) is 2.50. The number of hydrogen-bond acceptors (Lipinski definition) is 3. The number of hydrogen-bond donors (Lipinski definition) is 0. The molecule has 0 aliphatic carbocycles. The summed E-state index contributed by atoms with van der Waals surface area (Å²) in [6.45, 7) is 2.88. The van der Waals surface area contributed by atoms with Gasteiger partial charge in [-0.15, -0.1) is 0 Å². The van der Waals surface area contributed by atoms with E-state index in [1.165, 1.54) is 0 Å². The van der Waals surface area contributed by atoms with Crippen molar-refractivity contribution < 1.29 is 35.9 Å². The predicted octanol–water partition coefficient (Wildman–Crippen LogP) is 4.38. The molecule has 0 saturated heterocycles. The van der Waals surface area contributed by atoms with E-state index in [1.807, 2.05) is 0 Å². The summed E-state index contributed by atoms with van der Waals surface area (Å²) in [7, 11) is 0. The van der Waals surface area contributed by atoms with Gasteiger partial charge in [0.05, 0.1) is 10.5 Å². The standard InChI is InChI=1S/C11H6F6O2S/c1-6(20-11(15,16)17)9(18)19-8-4-2-7(3-5-8)10(12,13)14/h2-5H,1H2. The number of thioether (sulfide) groups is 1. The fourth-order valence-electron chi connectivity index (χ4n) is 1.06. The van der Waals surface area contributed by atoms with Crippen LogP contribution < -0.4 is 4.74 Å². The molecule has 0 radical (unpaired) electrons. The topological polar surface area (TPSA) is 26.3 Å². The molecule has 1 rings (SSSR count). The number of carbonyl (C=O) groups is 1. The largest absolute Gasteiger partial charge is 0.446 e. The maximum atomic E-state index is 12.2. The molecule has 9 heteroatoms. The van der Waals surface area contributed by atoms with E-state index < -0.39 is 39.9 Å². The number of rotatable bonds is 3. The van der Waals surface area contributed by atoms with E-state index in [0.29, 0.717) is 12.1 Å². The molecule has 1 aromatic rings. The summed E-state index contributed by atoms with van der Waals surface area (Å²) in [4.78, 5) is 10.3. The highest BCUT2D eigenvalue weighted by Gasteiger charge is 2.33. The Hall–Kier alpha value is -1.64. The van der Waals surface area contributed by atoms with Crippen LogP contribution in [0.15, 0.2) is 35.7 Å². The summed E-state index contributed by atoms with van der Waals surface area (Å²) in [5, 5.41) is 0. The Morgan fingerprint density at radius 1 is 1.05 bits per heavy atom. The molecule has 0 heterocycles. The quantitative estimate of drug-likeness (QED) is 0.358. The summed E-state index contributed by atoms with van der Waals surface area (Å²) < 4.78 is 77.1. The number of halogens is 6. The SMILES string of the molecule is C=C(SC(F)(F)F)C(=O)Oc1ccc(C(F)(F)F)cc1. The lowest BCUT2D eigenvalue weighted by Gasteiger charge is -2.10. The summed E-state index contributed by atoms with van der Waals surface area (Å²) in [5.41, 5.74) is -5.67. The first-order valence-corrected chi connectivity index (χ1v) is 5.65. The summed E-state index contributed by atoms with van der Waals surface area (Å²) in [6, 6.07) is 2.93. The lowest BCUT2D eigenvalue weighted by molar-refractivity contribution is -0.137. The van der Waals surface area contributed by atoms with E-state index in [9.17, 15) is 31.1 Å². The summed E-state index contributed by atoms with van der Waals surface area (Å²) in [6.07, 6.45) is -4.56. The molecule has 0 aliphatic heterocycles. The number of carbonyl (C=O) groups excluding carboxylic acids is 1. The highest BCUT2D eigenvalue weighted by atomic mass is 32.2. The second kappa shape index (κ2) is 5.78. The van der Waals surface area contributed by atoms with Gasteiger partial charge in [0.15, 0.2) is 0 Å². The molecule has 0 bridgehead atoms. The molecule has 0 aliphatic rings. The molecule has 0 amide bonds. The van der Waals surface area contributed by atoms with Crippen molar-refractivity contribution in [1.82, 2.24) is 0 Å². The van der Waals surface area contributed by atoms with Crippen LogP contribution in [0.3, 0.4) is 0 Å². The first kappa shape index (κ1) is 16.4. The Morgan fingerprint density at radius 2 is 1.55 bits per heavy atom. The van der Waals surface area contributed by atoms with Gasteiger partial charge in [0.2, 0.25) is 0 Å². The van der Waals surface area contributed by atoms with Crippen molar-refractivity contribution in [2.24, 2.45) is 0 Å². The molecule has 20 heavy (non-hydrogen) atoms. The predicted molar refractivity (Wildman–Crippen MR) is 59.9 cm³/mol. The summed E-state index contributed by atoms with van der Waals surface area (Å²) in [5.74, 6) is -1.70. The zero-order valence-electron chi connectivity index (χ0n) is 9.51. The molecule has 0 saturated carbocycles. The van der Waals surface area contributed by atoms with Crippen LogP contribution in [-0.4, -0.2) is 11.5 Å². The first-order valence-electron chi connectivity index (χ1n) is 4.83. The third-order valence-electron chi connectivity index (χ3n) is 1.86. The molecule has 110 valence electrons. The second-order valence-electron chi connectivity index (χ2n) is 3.38. The van der Waals surface area contributed by atoms with Crippen LogP contribution in [0.25, 0.3) is 0 Å². The zero-order valence-corrected chi connectivity index (χ0v) is 10.3. The van der Waals surface area contributed by atoms with E-state index >= 15 is 0 Å². The van der Waals surface area contributed by atoms with Gasteiger partial charge in [0.1, 0.15) is 5.75 Å². The average molecular weight is 316 g/mol. The van der Waals surface area contributed by atoms with Gasteiger partial charge >= 0.3 is 17.7 Å². The lowest BCUT2D eigenvalue weighted by Crippen LogP contribution is -2.12. The Kier molecular flexibility index (Phi) is 4.74. The molecule has 0 spiro atoms. The van der Waals surface area contributed by atoms with Gasteiger partial charge in [-0.25, -0.2) is 4.79 Å². The van der Waals surface area contributed by atoms with Crippen LogP contribution in [0.4, 0.5) is 26.3 Å². The molecular formula is C11H6F6O2S. The first-order chi connectivity index (χ1) is 8.99. The van der Waals surface area contributed by atoms with Gasteiger partial charge in [0, 0.05) is 0 Å². The van der Waals surface area contributed by atoms with Gasteiger partial charge in [-0.2, -0.15) is 26.3 Å². The highest BCUT2D eigenvalue weighted by Crippen LogP contribution is 2.36. The van der Waals surface area contributed by atoms with Gasteiger partial charge in [0.25, 0.3) is 0 Å². The number of alkyl halides is 6. The van der Waals surface area contributed by atoms with Crippen molar-refractivity contribution in [1.29, 1.82) is 0 Å². The average Bonchev–Trinajstić information content (AvgIpc) is 2.26. The van der Waals surface area contributed by atoms with Gasteiger partial charge in [-0.3, -0.25) is 0 Å². The van der Waals surface area contributed by atoms with Gasteiger partial charge < -0.3 is 4.74 Å². The van der Waals surface area contributed by atoms with Crippen molar-refractivity contribution in [3.8, 4) is 5.75 Å². The van der Waals surface area contributed by atoms with Crippen molar-refractivity contribution in [2.45, 2.75) is 11.7 Å². The minimum absolute atomic E-state index is 0.313. The maximum absolute atomic E-state index is 12.2. The molecule has 0 N–H and O–H groups in total. The third kappa shape index (κ3) is 5.16. The minimum atomic E-state index is -4.70. The molecule has 1 aromatic carbocycles. The molecular weight excluding hydrogens is 310 g/mol. The van der Waals surface area contributed by atoms with Crippen LogP contribution >= 0.6 is 11.8 Å². The van der Waals surface area contributed by atoms with E-state index in [-0.39, 0.29) is 5.75 Å².